The lowest BCUT2D eigenvalue weighted by Gasteiger charge is -2.31. The van der Waals surface area contributed by atoms with Crippen molar-refractivity contribution < 1.29 is 18.3 Å². The lowest BCUT2D eigenvalue weighted by Crippen LogP contribution is -2.36. The van der Waals surface area contributed by atoms with Crippen LogP contribution in [-0.2, 0) is 6.18 Å². The number of halogens is 3. The Balaban J connectivity index is 1.73. The Morgan fingerprint density at radius 3 is 2.62 bits per heavy atom. The van der Waals surface area contributed by atoms with E-state index >= 15 is 0 Å². The molecular formula is C18H26F3N7O. The van der Waals surface area contributed by atoms with Crippen molar-refractivity contribution in [2.45, 2.75) is 38.9 Å². The molecule has 1 aliphatic rings. The molecule has 0 radical (unpaired) electrons. The maximum Gasteiger partial charge on any atom is 0.421 e. The van der Waals surface area contributed by atoms with Crippen LogP contribution >= 0.6 is 0 Å². The molecule has 3 rings (SSSR count). The van der Waals surface area contributed by atoms with Crippen LogP contribution in [0.2, 0.25) is 0 Å². The van der Waals surface area contributed by atoms with Crippen molar-refractivity contribution in [3.8, 4) is 0 Å². The van der Waals surface area contributed by atoms with Gasteiger partial charge in [0.25, 0.3) is 0 Å². The van der Waals surface area contributed by atoms with Crippen LogP contribution in [0.15, 0.2) is 12.4 Å². The van der Waals surface area contributed by atoms with E-state index in [9.17, 15) is 13.2 Å². The second-order valence-corrected chi connectivity index (χ2v) is 7.01. The number of hydrogen-bond acceptors (Lipinski definition) is 7. The summed E-state index contributed by atoms with van der Waals surface area (Å²) < 4.78 is 41.2. The Morgan fingerprint density at radius 2 is 2.00 bits per heavy atom. The number of β-amino-alcohol motifs (C(OH)–C–C–N with tert-alkyl or cyclic N) is 1. The lowest BCUT2D eigenvalue weighted by molar-refractivity contribution is -0.137. The van der Waals surface area contributed by atoms with E-state index in [0.29, 0.717) is 18.8 Å². The molecule has 0 aromatic carbocycles. The van der Waals surface area contributed by atoms with Crippen LogP contribution in [0.3, 0.4) is 0 Å². The summed E-state index contributed by atoms with van der Waals surface area (Å²) in [4.78, 5) is 10.0. The zero-order valence-corrected chi connectivity index (χ0v) is 16.5. The molecular weight excluding hydrogens is 387 g/mol. The third-order valence-electron chi connectivity index (χ3n) is 4.95. The van der Waals surface area contributed by atoms with E-state index in [-0.39, 0.29) is 24.4 Å². The smallest absolute Gasteiger partial charge is 0.395 e. The zero-order chi connectivity index (χ0) is 21.0. The number of piperidine rings is 1. The van der Waals surface area contributed by atoms with Gasteiger partial charge in [-0.15, -0.1) is 0 Å². The van der Waals surface area contributed by atoms with Crippen LogP contribution in [0.5, 0.6) is 0 Å². The van der Waals surface area contributed by atoms with Crippen molar-refractivity contribution in [1.82, 2.24) is 24.6 Å². The molecule has 0 atom stereocenters. The van der Waals surface area contributed by atoms with Gasteiger partial charge in [-0.1, -0.05) is 0 Å². The second kappa shape index (κ2) is 8.95. The number of aryl methyl sites for hydroxylation is 1. The standard InChI is InChI=1S/C18H26F3N7O/c1-3-22-16-14(18(19,20)21)10-23-17(25-16)24-15-11-28(26-12(15)2)13-4-6-27(7-5-13)8-9-29/h10-11,13,29H,3-9H2,1-2H3,(H2,22,23,24,25). The average molecular weight is 413 g/mol. The first-order valence-corrected chi connectivity index (χ1v) is 9.66. The molecule has 2 aromatic rings. The molecule has 29 heavy (non-hydrogen) atoms. The SMILES string of the molecule is CCNc1nc(Nc2cn(C3CCN(CCO)CC3)nc2C)ncc1C(F)(F)F. The number of anilines is 3. The van der Waals surface area contributed by atoms with E-state index in [0.717, 1.165) is 37.8 Å². The van der Waals surface area contributed by atoms with Crippen molar-refractivity contribution in [2.75, 3.05) is 43.4 Å². The fourth-order valence-electron chi connectivity index (χ4n) is 3.41. The minimum atomic E-state index is -4.53. The Kier molecular flexibility index (Phi) is 6.58. The molecule has 11 heteroatoms. The highest BCUT2D eigenvalue weighted by Crippen LogP contribution is 2.34. The molecule has 3 heterocycles. The summed E-state index contributed by atoms with van der Waals surface area (Å²) in [5.41, 5.74) is 0.480. The van der Waals surface area contributed by atoms with Crippen molar-refractivity contribution in [3.63, 3.8) is 0 Å². The van der Waals surface area contributed by atoms with Crippen LogP contribution in [0.25, 0.3) is 0 Å². The highest BCUT2D eigenvalue weighted by molar-refractivity contribution is 5.58. The number of nitrogens with zero attached hydrogens (tertiary/aromatic N) is 5. The average Bonchev–Trinajstić information content (AvgIpc) is 3.02. The maximum absolute atomic E-state index is 13.1. The summed E-state index contributed by atoms with van der Waals surface area (Å²) in [6, 6.07) is 0.241. The molecule has 1 aliphatic heterocycles. The molecule has 0 amide bonds. The normalized spacial score (nSPS) is 16.2. The number of nitrogens with one attached hydrogen (secondary N) is 2. The number of aliphatic hydroxyl groups is 1. The van der Waals surface area contributed by atoms with E-state index in [1.54, 1.807) is 6.92 Å². The Labute approximate surface area is 167 Å². The molecule has 2 aromatic heterocycles. The fourth-order valence-corrected chi connectivity index (χ4v) is 3.41. The molecule has 0 spiro atoms. The number of aliphatic hydroxyl groups excluding tert-OH is 1. The highest BCUT2D eigenvalue weighted by atomic mass is 19.4. The second-order valence-electron chi connectivity index (χ2n) is 7.01. The van der Waals surface area contributed by atoms with Crippen molar-refractivity contribution in [2.24, 2.45) is 0 Å². The van der Waals surface area contributed by atoms with Gasteiger partial charge in [0.1, 0.15) is 11.4 Å². The van der Waals surface area contributed by atoms with Gasteiger partial charge in [0, 0.05) is 38.6 Å². The Bertz CT molecular complexity index is 816. The monoisotopic (exact) mass is 413 g/mol. The number of aromatic nitrogens is 4. The fraction of sp³-hybridized carbons (Fsp3) is 0.611. The van der Waals surface area contributed by atoms with E-state index in [1.165, 1.54) is 0 Å². The Hall–Kier alpha value is -2.40. The van der Waals surface area contributed by atoms with E-state index in [2.05, 4.69) is 30.6 Å². The summed E-state index contributed by atoms with van der Waals surface area (Å²) in [6.07, 6.45) is -0.0643. The first kappa shape index (κ1) is 21.3. The quantitative estimate of drug-likeness (QED) is 0.643. The summed E-state index contributed by atoms with van der Waals surface area (Å²) >= 11 is 0. The molecule has 160 valence electrons. The molecule has 0 unspecified atom stereocenters. The van der Waals surface area contributed by atoms with Crippen LogP contribution in [-0.4, -0.2) is 62.5 Å². The minimum absolute atomic E-state index is 0.0781. The zero-order valence-electron chi connectivity index (χ0n) is 16.5. The molecule has 1 fully saturated rings. The molecule has 8 nitrogen and oxygen atoms in total. The molecule has 0 aliphatic carbocycles. The summed E-state index contributed by atoms with van der Waals surface area (Å²) in [5, 5.41) is 19.2. The topological polar surface area (TPSA) is 91.1 Å². The number of alkyl halides is 3. The highest BCUT2D eigenvalue weighted by Gasteiger charge is 2.35. The van der Waals surface area contributed by atoms with Crippen LogP contribution in [0.4, 0.5) is 30.6 Å². The van der Waals surface area contributed by atoms with E-state index in [4.69, 9.17) is 5.11 Å². The summed E-state index contributed by atoms with van der Waals surface area (Å²) in [7, 11) is 0. The van der Waals surface area contributed by atoms with Gasteiger partial charge in [0.15, 0.2) is 0 Å². The third kappa shape index (κ3) is 5.15. The molecule has 0 saturated carbocycles. The first-order chi connectivity index (χ1) is 13.8. The Morgan fingerprint density at radius 1 is 1.28 bits per heavy atom. The van der Waals surface area contributed by atoms with Gasteiger partial charge in [0.05, 0.1) is 24.0 Å². The van der Waals surface area contributed by atoms with Crippen LogP contribution < -0.4 is 10.6 Å². The van der Waals surface area contributed by atoms with Crippen LogP contribution in [0.1, 0.15) is 37.1 Å². The molecule has 1 saturated heterocycles. The van der Waals surface area contributed by atoms with Gasteiger partial charge < -0.3 is 20.6 Å². The summed E-state index contributed by atoms with van der Waals surface area (Å²) in [6.45, 7) is 6.45. The van der Waals surface area contributed by atoms with Crippen LogP contribution in [0, 0.1) is 6.92 Å². The van der Waals surface area contributed by atoms with Gasteiger partial charge in [-0.05, 0) is 26.7 Å². The van der Waals surface area contributed by atoms with Gasteiger partial charge in [-0.2, -0.15) is 23.3 Å². The molecule has 3 N–H and O–H groups in total. The number of rotatable bonds is 7. The largest absolute Gasteiger partial charge is 0.421 e. The maximum atomic E-state index is 13.1. The van der Waals surface area contributed by atoms with E-state index in [1.807, 2.05) is 17.8 Å². The lowest BCUT2D eigenvalue weighted by atomic mass is 10.1. The van der Waals surface area contributed by atoms with Gasteiger partial charge in [0.2, 0.25) is 5.95 Å². The number of likely N-dealkylation sites (tertiary alicyclic amines) is 1. The third-order valence-corrected chi connectivity index (χ3v) is 4.95. The predicted molar refractivity (Wildman–Crippen MR) is 103 cm³/mol. The van der Waals surface area contributed by atoms with Gasteiger partial charge in [-0.3, -0.25) is 4.68 Å². The van der Waals surface area contributed by atoms with E-state index < -0.39 is 11.7 Å². The predicted octanol–water partition coefficient (Wildman–Crippen LogP) is 2.80. The minimum Gasteiger partial charge on any atom is -0.395 e. The van der Waals surface area contributed by atoms with Gasteiger partial charge >= 0.3 is 6.18 Å². The number of hydrogen-bond donors (Lipinski definition) is 3. The van der Waals surface area contributed by atoms with Crippen molar-refractivity contribution in [1.29, 1.82) is 0 Å². The van der Waals surface area contributed by atoms with Crippen molar-refractivity contribution >= 4 is 17.5 Å². The van der Waals surface area contributed by atoms with Gasteiger partial charge in [-0.25, -0.2) is 4.98 Å². The molecule has 0 bridgehead atoms. The summed E-state index contributed by atoms with van der Waals surface area (Å²) in [5.74, 6) is -0.173. The van der Waals surface area contributed by atoms with Crippen molar-refractivity contribution in [3.05, 3.63) is 23.7 Å². The first-order valence-electron chi connectivity index (χ1n) is 9.66.